The number of imidazole rings is 1. The Balaban J connectivity index is 1.96. The van der Waals surface area contributed by atoms with Crippen molar-refractivity contribution in [3.05, 3.63) is 35.6 Å². The zero-order chi connectivity index (χ0) is 11.5. The zero-order valence-electron chi connectivity index (χ0n) is 9.06. The molecular formula is C11H13N3OS. The number of hydrogen-bond donors (Lipinski definition) is 1. The van der Waals surface area contributed by atoms with Crippen molar-refractivity contribution in [1.82, 2.24) is 14.7 Å². The molecule has 2 heterocycles. The highest BCUT2D eigenvalue weighted by atomic mass is 32.1. The van der Waals surface area contributed by atoms with Crippen LogP contribution in [0.2, 0.25) is 0 Å². The van der Waals surface area contributed by atoms with Gasteiger partial charge >= 0.3 is 0 Å². The van der Waals surface area contributed by atoms with Gasteiger partial charge in [-0.05, 0) is 6.92 Å². The number of carbonyl (C=O) groups is 1. The Morgan fingerprint density at radius 3 is 3.19 bits per heavy atom. The smallest absolute Gasteiger partial charge is 0.226 e. The molecule has 4 nitrogen and oxygen atoms in total. The Kier molecular flexibility index (Phi) is 3.05. The number of aromatic nitrogens is 2. The van der Waals surface area contributed by atoms with E-state index in [1.807, 2.05) is 29.1 Å². The van der Waals surface area contributed by atoms with Gasteiger partial charge in [-0.2, -0.15) is 0 Å². The van der Waals surface area contributed by atoms with E-state index in [9.17, 15) is 4.79 Å². The lowest BCUT2D eigenvalue weighted by molar-refractivity contribution is -0.120. The molecule has 16 heavy (non-hydrogen) atoms. The second-order valence-corrected chi connectivity index (χ2v) is 4.61. The largest absolute Gasteiger partial charge is 0.352 e. The minimum Gasteiger partial charge on any atom is -0.352 e. The van der Waals surface area contributed by atoms with Crippen molar-refractivity contribution in [2.75, 3.05) is 6.54 Å². The minimum absolute atomic E-state index is 0.0197. The lowest BCUT2D eigenvalue weighted by Crippen LogP contribution is -2.26. The molecule has 0 saturated heterocycles. The number of nitrogens with zero attached hydrogens (tertiary/aromatic N) is 2. The van der Waals surface area contributed by atoms with E-state index in [4.69, 9.17) is 0 Å². The first-order chi connectivity index (χ1) is 7.65. The molecule has 0 atom stereocenters. The number of thiazole rings is 1. The average molecular weight is 235 g/mol. The normalized spacial score (nSPS) is 10.6. The lowest BCUT2D eigenvalue weighted by Gasteiger charge is -2.02. The molecule has 0 aromatic carbocycles. The fraction of sp³-hybridized carbons (Fsp3) is 0.273. The molecule has 1 amide bonds. The highest BCUT2D eigenvalue weighted by Crippen LogP contribution is 2.11. The van der Waals surface area contributed by atoms with Gasteiger partial charge in [0, 0.05) is 24.3 Å². The number of carbonyl (C=O) groups excluding carboxylic acids is 1. The molecule has 2 aromatic heterocycles. The maximum atomic E-state index is 11.5. The van der Waals surface area contributed by atoms with Gasteiger partial charge in [0.15, 0.2) is 4.96 Å². The molecular weight excluding hydrogens is 222 g/mol. The predicted octanol–water partition coefficient (Wildman–Crippen LogP) is 1.63. The molecule has 5 heteroatoms. The monoisotopic (exact) mass is 235 g/mol. The van der Waals surface area contributed by atoms with E-state index in [-0.39, 0.29) is 5.91 Å². The maximum Gasteiger partial charge on any atom is 0.226 e. The van der Waals surface area contributed by atoms with Crippen molar-refractivity contribution in [3.63, 3.8) is 0 Å². The molecule has 0 aliphatic carbocycles. The molecule has 0 saturated carbocycles. The van der Waals surface area contributed by atoms with Crippen molar-refractivity contribution in [3.8, 4) is 0 Å². The summed E-state index contributed by atoms with van der Waals surface area (Å²) < 4.78 is 1.92. The molecule has 0 radical (unpaired) electrons. The fourth-order valence-corrected chi connectivity index (χ4v) is 2.06. The number of rotatable bonds is 4. The van der Waals surface area contributed by atoms with Gasteiger partial charge in [-0.1, -0.05) is 12.2 Å². The van der Waals surface area contributed by atoms with Gasteiger partial charge in [-0.15, -0.1) is 11.3 Å². The van der Waals surface area contributed by atoms with Crippen molar-refractivity contribution in [1.29, 1.82) is 0 Å². The number of nitrogens with one attached hydrogen (secondary N) is 1. The summed E-state index contributed by atoms with van der Waals surface area (Å²) in [6, 6.07) is 0. The molecule has 0 aliphatic rings. The van der Waals surface area contributed by atoms with E-state index in [1.165, 1.54) is 0 Å². The van der Waals surface area contributed by atoms with Crippen LogP contribution in [0.15, 0.2) is 29.9 Å². The molecule has 1 N–H and O–H groups in total. The SMILES string of the molecule is C=C(C)CNC(=O)Cc1cn2ccsc2n1. The summed E-state index contributed by atoms with van der Waals surface area (Å²) in [7, 11) is 0. The van der Waals surface area contributed by atoms with Gasteiger partial charge in [0.05, 0.1) is 12.1 Å². The summed E-state index contributed by atoms with van der Waals surface area (Å²) in [6.07, 6.45) is 4.14. The number of amides is 1. The van der Waals surface area contributed by atoms with E-state index in [0.29, 0.717) is 13.0 Å². The average Bonchev–Trinajstić information content (AvgIpc) is 2.74. The predicted molar refractivity (Wildman–Crippen MR) is 64.6 cm³/mol. The van der Waals surface area contributed by atoms with E-state index in [0.717, 1.165) is 16.2 Å². The molecule has 0 unspecified atom stereocenters. The fourth-order valence-electron chi connectivity index (χ4n) is 1.34. The summed E-state index contributed by atoms with van der Waals surface area (Å²) >= 11 is 1.56. The van der Waals surface area contributed by atoms with Crippen LogP contribution in [0.4, 0.5) is 0 Å². The Bertz CT molecular complexity index is 498. The van der Waals surface area contributed by atoms with Crippen molar-refractivity contribution < 1.29 is 4.79 Å². The Hall–Kier alpha value is -1.62. The third-order valence-corrected chi connectivity index (χ3v) is 2.84. The third kappa shape index (κ3) is 2.49. The van der Waals surface area contributed by atoms with Crippen LogP contribution < -0.4 is 5.32 Å². The third-order valence-electron chi connectivity index (χ3n) is 2.07. The van der Waals surface area contributed by atoms with Crippen LogP contribution in [0.3, 0.4) is 0 Å². The van der Waals surface area contributed by atoms with Gasteiger partial charge in [0.25, 0.3) is 0 Å². The van der Waals surface area contributed by atoms with Gasteiger partial charge in [-0.3, -0.25) is 9.20 Å². The van der Waals surface area contributed by atoms with Crippen LogP contribution in [-0.4, -0.2) is 21.8 Å². The number of fused-ring (bicyclic) bond motifs is 1. The van der Waals surface area contributed by atoms with Crippen LogP contribution in [0, 0.1) is 0 Å². The van der Waals surface area contributed by atoms with Gasteiger partial charge in [-0.25, -0.2) is 4.98 Å². The molecule has 0 aliphatic heterocycles. The van der Waals surface area contributed by atoms with E-state index in [2.05, 4.69) is 16.9 Å². The molecule has 84 valence electrons. The van der Waals surface area contributed by atoms with Gasteiger partial charge in [0.1, 0.15) is 0 Å². The Morgan fingerprint density at radius 1 is 1.69 bits per heavy atom. The van der Waals surface area contributed by atoms with Crippen LogP contribution in [0.5, 0.6) is 0 Å². The van der Waals surface area contributed by atoms with Crippen LogP contribution in [-0.2, 0) is 11.2 Å². The Morgan fingerprint density at radius 2 is 2.50 bits per heavy atom. The zero-order valence-corrected chi connectivity index (χ0v) is 9.88. The van der Waals surface area contributed by atoms with Crippen molar-refractivity contribution >= 4 is 22.2 Å². The first-order valence-corrected chi connectivity index (χ1v) is 5.85. The minimum atomic E-state index is -0.0197. The summed E-state index contributed by atoms with van der Waals surface area (Å²) in [4.78, 5) is 16.8. The molecule has 0 fully saturated rings. The highest BCUT2D eigenvalue weighted by Gasteiger charge is 2.07. The summed E-state index contributed by atoms with van der Waals surface area (Å²) in [5.41, 5.74) is 1.74. The van der Waals surface area contributed by atoms with E-state index in [1.54, 1.807) is 11.3 Å². The number of hydrogen-bond acceptors (Lipinski definition) is 3. The van der Waals surface area contributed by atoms with Gasteiger partial charge < -0.3 is 5.32 Å². The van der Waals surface area contributed by atoms with Crippen LogP contribution >= 0.6 is 11.3 Å². The summed E-state index contributed by atoms with van der Waals surface area (Å²) in [6.45, 7) is 6.14. The van der Waals surface area contributed by atoms with E-state index < -0.39 is 0 Å². The van der Waals surface area contributed by atoms with Crippen molar-refractivity contribution in [2.24, 2.45) is 0 Å². The second-order valence-electron chi connectivity index (χ2n) is 3.74. The summed E-state index contributed by atoms with van der Waals surface area (Å²) in [5.74, 6) is -0.0197. The lowest BCUT2D eigenvalue weighted by atomic mass is 10.3. The topological polar surface area (TPSA) is 46.4 Å². The van der Waals surface area contributed by atoms with Crippen molar-refractivity contribution in [2.45, 2.75) is 13.3 Å². The maximum absolute atomic E-state index is 11.5. The Labute approximate surface area is 97.6 Å². The molecule has 0 bridgehead atoms. The quantitative estimate of drug-likeness (QED) is 0.819. The first kappa shape index (κ1) is 10.9. The van der Waals surface area contributed by atoms with Crippen LogP contribution in [0.25, 0.3) is 4.96 Å². The summed E-state index contributed by atoms with van der Waals surface area (Å²) in [5, 5.41) is 4.75. The second kappa shape index (κ2) is 4.49. The molecule has 2 aromatic rings. The van der Waals surface area contributed by atoms with E-state index >= 15 is 0 Å². The van der Waals surface area contributed by atoms with Crippen LogP contribution in [0.1, 0.15) is 12.6 Å². The molecule has 0 spiro atoms. The highest BCUT2D eigenvalue weighted by molar-refractivity contribution is 7.15. The van der Waals surface area contributed by atoms with Gasteiger partial charge in [0.2, 0.25) is 5.91 Å². The first-order valence-electron chi connectivity index (χ1n) is 4.97. The standard InChI is InChI=1S/C11H13N3OS/c1-8(2)6-12-10(15)5-9-7-14-3-4-16-11(14)13-9/h3-4,7H,1,5-6H2,2H3,(H,12,15). The molecule has 2 rings (SSSR count).